The van der Waals surface area contributed by atoms with E-state index in [9.17, 15) is 9.18 Å². The van der Waals surface area contributed by atoms with Crippen molar-refractivity contribution < 1.29 is 13.9 Å². The molecule has 0 N–H and O–H groups in total. The van der Waals surface area contributed by atoms with Crippen molar-refractivity contribution in [2.45, 2.75) is 11.7 Å². The topological polar surface area (TPSA) is 69.9 Å². The number of rotatable bonds is 7. The van der Waals surface area contributed by atoms with E-state index in [0.29, 0.717) is 11.7 Å². The molecule has 0 aliphatic rings. The van der Waals surface area contributed by atoms with Crippen molar-refractivity contribution in [1.29, 1.82) is 0 Å². The maximum Gasteiger partial charge on any atom is 0.210 e. The lowest BCUT2D eigenvalue weighted by molar-refractivity contribution is 0.102. The first kappa shape index (κ1) is 17.1. The zero-order chi connectivity index (χ0) is 17.6. The number of carbonyl (C=O) groups is 1. The van der Waals surface area contributed by atoms with Gasteiger partial charge in [-0.1, -0.05) is 42.1 Å². The Balaban J connectivity index is 1.65. The minimum atomic E-state index is -0.563. The van der Waals surface area contributed by atoms with Crippen molar-refractivity contribution >= 4 is 17.5 Å². The number of aromatic nitrogens is 4. The van der Waals surface area contributed by atoms with E-state index in [2.05, 4.69) is 15.5 Å². The van der Waals surface area contributed by atoms with Gasteiger partial charge in [-0.05, 0) is 34.2 Å². The second-order valence-corrected chi connectivity index (χ2v) is 6.11. The number of ether oxygens (including phenoxy) is 1. The van der Waals surface area contributed by atoms with Gasteiger partial charge in [0.25, 0.3) is 0 Å². The SMILES string of the molecule is COc1ccc(C(=O)CSc2nnnn2Cc2ccccc2)cc1F. The third-order valence-corrected chi connectivity index (χ3v) is 4.44. The van der Waals surface area contributed by atoms with Crippen LogP contribution in [0.25, 0.3) is 0 Å². The Hall–Kier alpha value is -2.74. The number of carbonyl (C=O) groups excluding carboxylic acids is 1. The highest BCUT2D eigenvalue weighted by atomic mass is 32.2. The lowest BCUT2D eigenvalue weighted by Gasteiger charge is -2.06. The summed E-state index contributed by atoms with van der Waals surface area (Å²) in [5.41, 5.74) is 1.34. The number of thioether (sulfide) groups is 1. The Kier molecular flexibility index (Phi) is 5.39. The van der Waals surface area contributed by atoms with Crippen molar-refractivity contribution in [1.82, 2.24) is 20.2 Å². The number of hydrogen-bond donors (Lipinski definition) is 0. The largest absolute Gasteiger partial charge is 0.494 e. The van der Waals surface area contributed by atoms with Crippen molar-refractivity contribution in [3.05, 3.63) is 65.5 Å². The van der Waals surface area contributed by atoms with Crippen molar-refractivity contribution in [2.24, 2.45) is 0 Å². The van der Waals surface area contributed by atoms with Crippen LogP contribution < -0.4 is 4.74 Å². The van der Waals surface area contributed by atoms with E-state index in [-0.39, 0.29) is 22.8 Å². The van der Waals surface area contributed by atoms with Crippen molar-refractivity contribution in [3.63, 3.8) is 0 Å². The normalized spacial score (nSPS) is 10.6. The van der Waals surface area contributed by atoms with Gasteiger partial charge in [0.15, 0.2) is 17.3 Å². The molecule has 0 aliphatic heterocycles. The minimum absolute atomic E-state index is 0.107. The average Bonchev–Trinajstić information content (AvgIpc) is 3.07. The van der Waals surface area contributed by atoms with E-state index in [0.717, 1.165) is 5.56 Å². The highest BCUT2D eigenvalue weighted by Crippen LogP contribution is 2.21. The Morgan fingerprint density at radius 3 is 2.76 bits per heavy atom. The highest BCUT2D eigenvalue weighted by molar-refractivity contribution is 7.99. The first-order valence-corrected chi connectivity index (χ1v) is 8.45. The third kappa shape index (κ3) is 4.21. The van der Waals surface area contributed by atoms with Crippen LogP contribution in [0.1, 0.15) is 15.9 Å². The number of methoxy groups -OCH3 is 1. The maximum atomic E-state index is 13.7. The molecule has 0 amide bonds. The summed E-state index contributed by atoms with van der Waals surface area (Å²) in [6.07, 6.45) is 0. The molecule has 0 bridgehead atoms. The van der Waals surface area contributed by atoms with Crippen LogP contribution in [0, 0.1) is 5.82 Å². The van der Waals surface area contributed by atoms with E-state index in [1.54, 1.807) is 4.68 Å². The Morgan fingerprint density at radius 2 is 2.04 bits per heavy atom. The van der Waals surface area contributed by atoms with Gasteiger partial charge in [-0.25, -0.2) is 9.07 Å². The van der Waals surface area contributed by atoms with E-state index >= 15 is 0 Å². The predicted octanol–water partition coefficient (Wildman–Crippen LogP) is 2.84. The summed E-state index contributed by atoms with van der Waals surface area (Å²) in [5, 5.41) is 12.1. The van der Waals surface area contributed by atoms with Gasteiger partial charge < -0.3 is 4.74 Å². The third-order valence-electron chi connectivity index (χ3n) is 3.48. The Morgan fingerprint density at radius 1 is 1.24 bits per heavy atom. The summed E-state index contributed by atoms with van der Waals surface area (Å²) in [6.45, 7) is 0.515. The first-order chi connectivity index (χ1) is 12.2. The van der Waals surface area contributed by atoms with Crippen LogP contribution in [0.2, 0.25) is 0 Å². The molecule has 0 saturated carbocycles. The number of halogens is 1. The second-order valence-electron chi connectivity index (χ2n) is 5.17. The number of tetrazole rings is 1. The van der Waals surface area contributed by atoms with Gasteiger partial charge >= 0.3 is 0 Å². The van der Waals surface area contributed by atoms with E-state index in [1.807, 2.05) is 30.3 Å². The summed E-state index contributed by atoms with van der Waals surface area (Å²) in [4.78, 5) is 12.3. The molecular formula is C17H15FN4O2S. The van der Waals surface area contributed by atoms with E-state index < -0.39 is 5.82 Å². The number of hydrogen-bond acceptors (Lipinski definition) is 6. The van der Waals surface area contributed by atoms with Gasteiger partial charge in [0.2, 0.25) is 5.16 Å². The number of nitrogens with zero attached hydrogens (tertiary/aromatic N) is 4. The molecule has 25 heavy (non-hydrogen) atoms. The van der Waals surface area contributed by atoms with Crippen LogP contribution in [0.15, 0.2) is 53.7 Å². The molecule has 0 radical (unpaired) electrons. The molecule has 8 heteroatoms. The summed E-state index contributed by atoms with van der Waals surface area (Å²) in [5.74, 6) is -0.551. The summed E-state index contributed by atoms with van der Waals surface area (Å²) < 4.78 is 20.2. The number of benzene rings is 2. The second kappa shape index (κ2) is 7.89. The van der Waals surface area contributed by atoms with Crippen LogP contribution in [0.5, 0.6) is 5.75 Å². The first-order valence-electron chi connectivity index (χ1n) is 7.47. The fraction of sp³-hybridized carbons (Fsp3) is 0.176. The molecule has 0 atom stereocenters. The van der Waals surface area contributed by atoms with Gasteiger partial charge in [0, 0.05) is 5.56 Å². The molecule has 128 valence electrons. The maximum absolute atomic E-state index is 13.7. The zero-order valence-electron chi connectivity index (χ0n) is 13.4. The van der Waals surface area contributed by atoms with Crippen molar-refractivity contribution in [3.8, 4) is 5.75 Å². The molecule has 1 aromatic heterocycles. The fourth-order valence-corrected chi connectivity index (χ4v) is 2.98. The predicted molar refractivity (Wildman–Crippen MR) is 91.4 cm³/mol. The summed E-state index contributed by atoms with van der Waals surface area (Å²) in [7, 11) is 1.38. The molecular weight excluding hydrogens is 343 g/mol. The number of Topliss-reactive ketones (excluding diaryl/α,β-unsaturated/α-hetero) is 1. The smallest absolute Gasteiger partial charge is 0.210 e. The monoisotopic (exact) mass is 358 g/mol. The lowest BCUT2D eigenvalue weighted by Crippen LogP contribution is -2.07. The van der Waals surface area contributed by atoms with Crippen LogP contribution in [0.3, 0.4) is 0 Å². The van der Waals surface area contributed by atoms with Crippen LogP contribution in [0.4, 0.5) is 4.39 Å². The van der Waals surface area contributed by atoms with Gasteiger partial charge in [-0.2, -0.15) is 0 Å². The molecule has 0 spiro atoms. The molecule has 3 aromatic rings. The van der Waals surface area contributed by atoms with Gasteiger partial charge in [-0.3, -0.25) is 4.79 Å². The van der Waals surface area contributed by atoms with Crippen LogP contribution >= 0.6 is 11.8 Å². The highest BCUT2D eigenvalue weighted by Gasteiger charge is 2.14. The summed E-state index contributed by atoms with van der Waals surface area (Å²) in [6, 6.07) is 13.9. The molecule has 0 unspecified atom stereocenters. The van der Waals surface area contributed by atoms with Crippen molar-refractivity contribution in [2.75, 3.05) is 12.9 Å². The zero-order valence-corrected chi connectivity index (χ0v) is 14.2. The molecule has 1 heterocycles. The molecule has 0 saturated heterocycles. The van der Waals surface area contributed by atoms with Gasteiger partial charge in [0.05, 0.1) is 19.4 Å². The lowest BCUT2D eigenvalue weighted by atomic mass is 10.1. The van der Waals surface area contributed by atoms with E-state index in [4.69, 9.17) is 4.74 Å². The summed E-state index contributed by atoms with van der Waals surface area (Å²) >= 11 is 1.22. The minimum Gasteiger partial charge on any atom is -0.494 e. The van der Waals surface area contributed by atoms with E-state index in [1.165, 1.54) is 37.1 Å². The average molecular weight is 358 g/mol. The fourth-order valence-electron chi connectivity index (χ4n) is 2.21. The van der Waals surface area contributed by atoms with Crippen LogP contribution in [-0.2, 0) is 6.54 Å². The molecule has 3 rings (SSSR count). The molecule has 0 fully saturated rings. The standard InChI is InChI=1S/C17H15FN4O2S/c1-24-16-8-7-13(9-14(16)18)15(23)11-25-17-19-20-21-22(17)10-12-5-3-2-4-6-12/h2-9H,10-11H2,1H3. The Labute approximate surface area is 148 Å². The molecule has 6 nitrogen and oxygen atoms in total. The van der Waals surface area contributed by atoms with Gasteiger partial charge in [-0.15, -0.1) is 5.10 Å². The Bertz CT molecular complexity index is 870. The van der Waals surface area contributed by atoms with Gasteiger partial charge in [0.1, 0.15) is 0 Å². The number of ketones is 1. The molecule has 2 aromatic carbocycles. The van der Waals surface area contributed by atoms with Crippen LogP contribution in [-0.4, -0.2) is 38.9 Å². The quantitative estimate of drug-likeness (QED) is 0.478. The molecule has 0 aliphatic carbocycles.